The van der Waals surface area contributed by atoms with Gasteiger partial charge in [-0.3, -0.25) is 19.2 Å². The maximum absolute atomic E-state index is 14.8. The van der Waals surface area contributed by atoms with Gasteiger partial charge in [0.05, 0.1) is 53.4 Å². The molecular formula is C68H69NO22S. The van der Waals surface area contributed by atoms with Crippen LogP contribution in [-0.2, 0) is 82.6 Å². The first kappa shape index (κ1) is 67.2. The van der Waals surface area contributed by atoms with Crippen molar-refractivity contribution in [1.29, 1.82) is 0 Å². The third-order valence-corrected chi connectivity index (χ3v) is 16.2. The molecule has 6 aromatic rings. The van der Waals surface area contributed by atoms with Gasteiger partial charge in [-0.2, -0.15) is 0 Å². The summed E-state index contributed by atoms with van der Waals surface area (Å²) in [7, 11) is 1.50. The first-order chi connectivity index (χ1) is 44.4. The third-order valence-electron chi connectivity index (χ3n) is 14.7. The van der Waals surface area contributed by atoms with Crippen molar-refractivity contribution >= 4 is 59.5 Å². The fraction of sp³-hybridized carbons (Fsp3) is 0.353. The molecule has 0 bridgehead atoms. The Morgan fingerprint density at radius 3 is 1.39 bits per heavy atom. The fourth-order valence-corrected chi connectivity index (χ4v) is 12.2. The maximum atomic E-state index is 14.8. The van der Waals surface area contributed by atoms with Crippen molar-refractivity contribution in [3.05, 3.63) is 204 Å². The lowest BCUT2D eigenvalue weighted by Crippen LogP contribution is -2.68. The van der Waals surface area contributed by atoms with Crippen LogP contribution in [0.5, 0.6) is 11.5 Å². The summed E-state index contributed by atoms with van der Waals surface area (Å²) in [5.41, 5.74) is -0.518. The fourth-order valence-electron chi connectivity index (χ4n) is 10.5. The van der Waals surface area contributed by atoms with Crippen molar-refractivity contribution in [3.8, 4) is 11.5 Å². The number of esters is 7. The minimum absolute atomic E-state index is 0.00920. The summed E-state index contributed by atoms with van der Waals surface area (Å²) in [5.74, 6) is -6.04. The van der Waals surface area contributed by atoms with E-state index in [4.69, 9.17) is 66.3 Å². The standard InChI is InChI=1S/C68H69NO22S/c1-39-54(83-41(3)71)57(84-42(4)72)60(85-43(5)73)68(82-39)92-61-53(69-40(2)70)66(81-36-44-22-12-7-13-23-44)86-52(37-79-50-34-32-49(78-6)33-35-50)56(61)91-67-59(90-65(77)48-30-20-11-21-31-48)58(89-64(76)47-28-18-10-19-29-47)55(88-63(75)46-26-16-9-17-27-46)51(87-67)38-80-62(74)45-24-14-8-15-25-45/h7-35,39,51-61,66-68H,36-38H2,1-6H3,(H,69,70)/t39-,51+,52+,53+,54+,55-,56+,57+,58-,59+,60-,61+,66+,67-,68-/m0/s1. The molecule has 0 saturated carbocycles. The molecule has 6 aromatic carbocycles. The normalized spacial score (nSPS) is 25.9. The van der Waals surface area contributed by atoms with Crippen LogP contribution in [0.25, 0.3) is 0 Å². The molecule has 23 nitrogen and oxygen atoms in total. The van der Waals surface area contributed by atoms with Gasteiger partial charge in [0.15, 0.2) is 49.2 Å². The van der Waals surface area contributed by atoms with E-state index in [1.165, 1.54) is 62.6 Å². The highest BCUT2D eigenvalue weighted by atomic mass is 32.2. The summed E-state index contributed by atoms with van der Waals surface area (Å²) in [4.78, 5) is 111. The topological polar surface area (TPSA) is 278 Å². The van der Waals surface area contributed by atoms with Gasteiger partial charge in [-0.1, -0.05) is 103 Å². The van der Waals surface area contributed by atoms with E-state index in [0.29, 0.717) is 17.1 Å². The molecule has 1 N–H and O–H groups in total. The second-order valence-electron chi connectivity index (χ2n) is 21.4. The molecule has 484 valence electrons. The summed E-state index contributed by atoms with van der Waals surface area (Å²) in [6, 6.07) is 45.6. The number of nitrogens with one attached hydrogen (secondary N) is 1. The zero-order valence-electron chi connectivity index (χ0n) is 50.9. The first-order valence-electron chi connectivity index (χ1n) is 29.4. The Morgan fingerprint density at radius 1 is 0.446 bits per heavy atom. The number of rotatable bonds is 24. The molecule has 0 radical (unpaired) electrons. The number of carbonyl (C=O) groups excluding carboxylic acids is 8. The second kappa shape index (κ2) is 32.2. The first-order valence-corrected chi connectivity index (χ1v) is 30.4. The van der Waals surface area contributed by atoms with Crippen molar-refractivity contribution in [1.82, 2.24) is 5.32 Å². The molecule has 0 unspecified atom stereocenters. The lowest BCUT2D eigenvalue weighted by atomic mass is 9.96. The van der Waals surface area contributed by atoms with Crippen molar-refractivity contribution in [2.75, 3.05) is 20.3 Å². The van der Waals surface area contributed by atoms with Crippen LogP contribution in [0.4, 0.5) is 0 Å². The third kappa shape index (κ3) is 17.9. The van der Waals surface area contributed by atoms with Gasteiger partial charge in [0.1, 0.15) is 48.5 Å². The highest BCUT2D eigenvalue weighted by molar-refractivity contribution is 8.00. The molecule has 3 aliphatic rings. The Morgan fingerprint density at radius 2 is 0.880 bits per heavy atom. The largest absolute Gasteiger partial charge is 0.497 e. The Hall–Kier alpha value is -9.17. The van der Waals surface area contributed by atoms with E-state index in [-0.39, 0.29) is 28.9 Å². The van der Waals surface area contributed by atoms with E-state index >= 15 is 0 Å². The molecule has 0 aromatic heterocycles. The molecular weight excluding hydrogens is 1210 g/mol. The molecule has 3 saturated heterocycles. The Bertz CT molecular complexity index is 3440. The minimum Gasteiger partial charge on any atom is -0.497 e. The molecule has 3 heterocycles. The quantitative estimate of drug-likeness (QED) is 0.0447. The van der Waals surface area contributed by atoms with Crippen LogP contribution >= 0.6 is 11.8 Å². The van der Waals surface area contributed by atoms with Crippen LogP contribution < -0.4 is 14.8 Å². The van der Waals surface area contributed by atoms with Crippen LogP contribution in [-0.4, -0.2) is 158 Å². The van der Waals surface area contributed by atoms with Crippen molar-refractivity contribution in [2.45, 2.75) is 132 Å². The number of benzene rings is 6. The van der Waals surface area contributed by atoms with Gasteiger partial charge in [-0.05, 0) is 85.3 Å². The Labute approximate surface area is 534 Å². The van der Waals surface area contributed by atoms with Crippen molar-refractivity contribution in [3.63, 3.8) is 0 Å². The molecule has 3 aliphatic heterocycles. The van der Waals surface area contributed by atoms with Crippen LogP contribution in [0.15, 0.2) is 176 Å². The lowest BCUT2D eigenvalue weighted by molar-refractivity contribution is -0.331. The summed E-state index contributed by atoms with van der Waals surface area (Å²) in [6.45, 7) is 4.94. The van der Waals surface area contributed by atoms with Crippen LogP contribution in [0.1, 0.15) is 81.6 Å². The zero-order chi connectivity index (χ0) is 65.3. The van der Waals surface area contributed by atoms with Crippen LogP contribution in [0.3, 0.4) is 0 Å². The summed E-state index contributed by atoms with van der Waals surface area (Å²) < 4.78 is 89.1. The molecule has 1 amide bonds. The van der Waals surface area contributed by atoms with Crippen LogP contribution in [0, 0.1) is 0 Å². The minimum atomic E-state index is -2.00. The second-order valence-corrected chi connectivity index (χ2v) is 22.7. The van der Waals surface area contributed by atoms with E-state index in [1.807, 2.05) is 18.2 Å². The summed E-state index contributed by atoms with van der Waals surface area (Å²) >= 11 is 0.899. The highest BCUT2D eigenvalue weighted by Crippen LogP contribution is 2.44. The number of amides is 1. The van der Waals surface area contributed by atoms with Gasteiger partial charge in [0.25, 0.3) is 0 Å². The molecule has 3 fully saturated rings. The molecule has 9 rings (SSSR count). The maximum Gasteiger partial charge on any atom is 0.338 e. The SMILES string of the molecule is COc1ccc(OC[C@H]2O[C@@H](OCc3ccccc3)[C@H](NC(C)=O)[C@@H](S[C@@H]3O[C@@H](C)[C@@H](OC(C)=O)[C@@H](OC(C)=O)[C@@H]3OC(C)=O)[C@@H]2O[C@@H]2O[C@H](COC(=O)c3ccccc3)[C@H](OC(=O)c3ccccc3)[C@H](OC(=O)c3ccccc3)[C@H]2OC(=O)c2ccccc2)cc1. The van der Waals surface area contributed by atoms with Crippen molar-refractivity contribution < 1.29 is 105 Å². The molecule has 24 heteroatoms. The average molecular weight is 1280 g/mol. The van der Waals surface area contributed by atoms with Crippen LogP contribution in [0.2, 0.25) is 0 Å². The van der Waals surface area contributed by atoms with Gasteiger partial charge in [0, 0.05) is 27.7 Å². The van der Waals surface area contributed by atoms with Crippen molar-refractivity contribution in [2.24, 2.45) is 0 Å². The smallest absolute Gasteiger partial charge is 0.338 e. The Kier molecular flexibility index (Phi) is 23.5. The van der Waals surface area contributed by atoms with E-state index in [2.05, 4.69) is 5.32 Å². The average Bonchev–Trinajstić information content (AvgIpc) is 0.783. The van der Waals surface area contributed by atoms with E-state index < -0.39 is 151 Å². The highest BCUT2D eigenvalue weighted by Gasteiger charge is 2.59. The molecule has 0 aliphatic carbocycles. The molecule has 92 heavy (non-hydrogen) atoms. The summed E-state index contributed by atoms with van der Waals surface area (Å²) in [6.07, 6.45) is -19.2. The monoisotopic (exact) mass is 1280 g/mol. The van der Waals surface area contributed by atoms with Gasteiger partial charge < -0.3 is 71.6 Å². The number of thioether (sulfide) groups is 1. The van der Waals surface area contributed by atoms with E-state index in [0.717, 1.165) is 32.5 Å². The van der Waals surface area contributed by atoms with Gasteiger partial charge in [0.2, 0.25) is 5.91 Å². The number of methoxy groups -OCH3 is 1. The van der Waals surface area contributed by atoms with Gasteiger partial charge in [-0.25, -0.2) is 19.2 Å². The van der Waals surface area contributed by atoms with E-state index in [1.54, 1.807) is 116 Å². The number of hydrogen-bond donors (Lipinski definition) is 1. The number of ether oxygens (including phenoxy) is 14. The zero-order valence-corrected chi connectivity index (χ0v) is 51.7. The number of carbonyl (C=O) groups is 8. The van der Waals surface area contributed by atoms with Gasteiger partial charge >= 0.3 is 41.8 Å². The van der Waals surface area contributed by atoms with Gasteiger partial charge in [-0.15, -0.1) is 11.8 Å². The lowest BCUT2D eigenvalue weighted by Gasteiger charge is -2.51. The van der Waals surface area contributed by atoms with E-state index in [9.17, 15) is 38.4 Å². The molecule has 0 spiro atoms. The Balaban J connectivity index is 1.24. The number of hydrogen-bond acceptors (Lipinski definition) is 23. The predicted octanol–water partition coefficient (Wildman–Crippen LogP) is 7.81. The predicted molar refractivity (Wildman–Crippen MR) is 326 cm³/mol. The molecule has 15 atom stereocenters. The summed E-state index contributed by atoms with van der Waals surface area (Å²) in [5, 5.41) is 1.65.